The number of sulfonamides is 2. The van der Waals surface area contributed by atoms with E-state index in [1.54, 1.807) is 4.83 Å². The maximum Gasteiger partial charge on any atom is 0.253 e. The minimum absolute atomic E-state index is 0.0222. The van der Waals surface area contributed by atoms with Crippen LogP contribution in [0.1, 0.15) is 0 Å². The first-order chi connectivity index (χ1) is 7.33. The Bertz CT molecular complexity index is 509. The topological polar surface area (TPSA) is 118 Å². The number of nitrogens with one attached hydrogen (secondary N) is 2. The first-order valence-electron chi connectivity index (χ1n) is 4.09. The molecule has 1 aromatic rings. The number of hydrogen-bond donors (Lipinski definition) is 3. The van der Waals surface area contributed by atoms with Gasteiger partial charge >= 0.3 is 0 Å². The molecule has 0 aliphatic heterocycles. The molecular weight excluding hydrogens is 254 g/mol. The number of hydrazine groups is 1. The van der Waals surface area contributed by atoms with Crippen molar-refractivity contribution in [1.82, 2.24) is 9.55 Å². The van der Waals surface area contributed by atoms with Crippen molar-refractivity contribution < 1.29 is 16.8 Å². The molecule has 0 bridgehead atoms. The Kier molecular flexibility index (Phi) is 3.65. The third-order valence-corrected chi connectivity index (χ3v) is 4.50. The Morgan fingerprint density at radius 1 is 0.938 bits per heavy atom. The summed E-state index contributed by atoms with van der Waals surface area (Å²) in [6.07, 6.45) is 0. The van der Waals surface area contributed by atoms with E-state index in [9.17, 15) is 16.8 Å². The lowest BCUT2D eigenvalue weighted by Gasteiger charge is -2.04. The van der Waals surface area contributed by atoms with Crippen LogP contribution in [-0.4, -0.2) is 23.9 Å². The monoisotopic (exact) mass is 265 g/mol. The Morgan fingerprint density at radius 2 is 1.31 bits per heavy atom. The minimum atomic E-state index is -3.75. The van der Waals surface area contributed by atoms with Crippen LogP contribution in [0, 0.1) is 0 Å². The minimum Gasteiger partial charge on any atom is -0.257 e. The molecule has 1 aromatic carbocycles. The molecule has 4 N–H and O–H groups in total. The zero-order chi connectivity index (χ0) is 12.4. The highest BCUT2D eigenvalue weighted by atomic mass is 32.2. The largest absolute Gasteiger partial charge is 0.257 e. The maximum atomic E-state index is 11.3. The summed E-state index contributed by atoms with van der Waals surface area (Å²) >= 11 is 0. The second kappa shape index (κ2) is 4.47. The van der Waals surface area contributed by atoms with Crippen LogP contribution in [0.4, 0.5) is 0 Å². The van der Waals surface area contributed by atoms with E-state index >= 15 is 0 Å². The van der Waals surface area contributed by atoms with Gasteiger partial charge in [0.05, 0.1) is 9.79 Å². The van der Waals surface area contributed by atoms with E-state index in [4.69, 9.17) is 5.84 Å². The first-order valence-corrected chi connectivity index (χ1v) is 7.06. The van der Waals surface area contributed by atoms with Gasteiger partial charge < -0.3 is 0 Å². The van der Waals surface area contributed by atoms with Gasteiger partial charge in [0.1, 0.15) is 0 Å². The third-order valence-electron chi connectivity index (χ3n) is 1.87. The van der Waals surface area contributed by atoms with E-state index in [0.29, 0.717) is 0 Å². The molecule has 7 nitrogen and oxygen atoms in total. The second-order valence-electron chi connectivity index (χ2n) is 2.80. The molecule has 9 heteroatoms. The summed E-state index contributed by atoms with van der Waals surface area (Å²) < 4.78 is 47.2. The number of rotatable bonds is 4. The van der Waals surface area contributed by atoms with Gasteiger partial charge in [-0.3, -0.25) is 5.84 Å². The molecule has 0 aromatic heterocycles. The highest BCUT2D eigenvalue weighted by Gasteiger charge is 2.15. The molecule has 1 rings (SSSR count). The van der Waals surface area contributed by atoms with Crippen molar-refractivity contribution in [2.24, 2.45) is 5.84 Å². The van der Waals surface area contributed by atoms with Gasteiger partial charge in [0.2, 0.25) is 10.0 Å². The highest BCUT2D eigenvalue weighted by Crippen LogP contribution is 2.13. The standard InChI is InChI=1S/C7H11N3O4S2/c1-9-15(11,12)6-2-4-7(5-3-6)16(13,14)10-8/h2-5,9-10H,8H2,1H3. The Balaban J connectivity index is 3.21. The zero-order valence-electron chi connectivity index (χ0n) is 8.34. The summed E-state index contributed by atoms with van der Waals surface area (Å²) in [5.74, 6) is 4.82. The smallest absolute Gasteiger partial charge is 0.253 e. The van der Waals surface area contributed by atoms with Crippen molar-refractivity contribution in [3.05, 3.63) is 24.3 Å². The molecule has 0 unspecified atom stereocenters. The molecule has 0 amide bonds. The lowest BCUT2D eigenvalue weighted by molar-refractivity contribution is 0.582. The fraction of sp³-hybridized carbons (Fsp3) is 0.143. The lowest BCUT2D eigenvalue weighted by atomic mass is 10.4. The Morgan fingerprint density at radius 3 is 1.62 bits per heavy atom. The van der Waals surface area contributed by atoms with Gasteiger partial charge in [-0.15, -0.1) is 0 Å². The van der Waals surface area contributed by atoms with E-state index < -0.39 is 20.0 Å². The predicted molar refractivity (Wildman–Crippen MR) is 57.2 cm³/mol. The summed E-state index contributed by atoms with van der Waals surface area (Å²) in [6.45, 7) is 0. The van der Waals surface area contributed by atoms with E-state index in [0.717, 1.165) is 12.1 Å². The van der Waals surface area contributed by atoms with E-state index in [2.05, 4.69) is 4.72 Å². The molecular formula is C7H11N3O4S2. The second-order valence-corrected chi connectivity index (χ2v) is 6.40. The summed E-state index contributed by atoms with van der Waals surface area (Å²) in [7, 11) is -6.05. The van der Waals surface area contributed by atoms with Gasteiger partial charge in [-0.2, -0.15) is 4.83 Å². The molecule has 0 saturated heterocycles. The van der Waals surface area contributed by atoms with E-state index in [-0.39, 0.29) is 9.79 Å². The predicted octanol–water partition coefficient (Wildman–Crippen LogP) is -1.25. The van der Waals surface area contributed by atoms with Crippen LogP contribution in [-0.2, 0) is 20.0 Å². The Hall–Kier alpha value is -1.00. The van der Waals surface area contributed by atoms with E-state index in [1.807, 2.05) is 0 Å². The summed E-state index contributed by atoms with van der Waals surface area (Å²) in [4.78, 5) is 1.51. The zero-order valence-corrected chi connectivity index (χ0v) is 9.97. The molecule has 0 fully saturated rings. The molecule has 90 valence electrons. The van der Waals surface area contributed by atoms with Crippen molar-refractivity contribution in [3.63, 3.8) is 0 Å². The van der Waals surface area contributed by atoms with Crippen LogP contribution < -0.4 is 15.4 Å². The summed E-state index contributed by atoms with van der Waals surface area (Å²) in [5, 5.41) is 0. The van der Waals surface area contributed by atoms with Gasteiger partial charge in [0.25, 0.3) is 10.0 Å². The van der Waals surface area contributed by atoms with Crippen LogP contribution in [0.25, 0.3) is 0 Å². The van der Waals surface area contributed by atoms with Gasteiger partial charge in [0, 0.05) is 0 Å². The quantitative estimate of drug-likeness (QED) is 0.464. The molecule has 0 aliphatic rings. The van der Waals surface area contributed by atoms with E-state index in [1.165, 1.54) is 19.2 Å². The fourth-order valence-corrected chi connectivity index (χ4v) is 2.34. The summed E-state index contributed by atoms with van der Waals surface area (Å²) in [6, 6.07) is 4.66. The normalized spacial score (nSPS) is 12.6. The first kappa shape index (κ1) is 13.1. The molecule has 0 atom stereocenters. The number of nitrogens with two attached hydrogens (primary N) is 1. The van der Waals surface area contributed by atoms with Crippen LogP contribution in [0.15, 0.2) is 34.1 Å². The fourth-order valence-electron chi connectivity index (χ4n) is 0.984. The van der Waals surface area contributed by atoms with Gasteiger partial charge in [-0.1, -0.05) is 0 Å². The molecule has 0 radical (unpaired) electrons. The number of benzene rings is 1. The van der Waals surface area contributed by atoms with Crippen LogP contribution in [0.5, 0.6) is 0 Å². The lowest BCUT2D eigenvalue weighted by Crippen LogP contribution is -2.30. The molecule has 0 heterocycles. The SMILES string of the molecule is CNS(=O)(=O)c1ccc(S(=O)(=O)NN)cc1. The average Bonchev–Trinajstić information content (AvgIpc) is 2.29. The van der Waals surface area contributed by atoms with Crippen molar-refractivity contribution >= 4 is 20.0 Å². The van der Waals surface area contributed by atoms with Crippen molar-refractivity contribution in [3.8, 4) is 0 Å². The van der Waals surface area contributed by atoms with Crippen LogP contribution in [0.2, 0.25) is 0 Å². The summed E-state index contributed by atoms with van der Waals surface area (Å²) in [5.41, 5.74) is 0. The molecule has 0 spiro atoms. The number of hydrogen-bond acceptors (Lipinski definition) is 5. The van der Waals surface area contributed by atoms with Crippen LogP contribution >= 0.6 is 0 Å². The van der Waals surface area contributed by atoms with Crippen LogP contribution in [0.3, 0.4) is 0 Å². The third kappa shape index (κ3) is 2.57. The molecule has 0 saturated carbocycles. The van der Waals surface area contributed by atoms with Crippen molar-refractivity contribution in [1.29, 1.82) is 0 Å². The van der Waals surface area contributed by atoms with Gasteiger partial charge in [-0.05, 0) is 31.3 Å². The van der Waals surface area contributed by atoms with Crippen molar-refractivity contribution in [2.45, 2.75) is 9.79 Å². The average molecular weight is 265 g/mol. The highest BCUT2D eigenvalue weighted by molar-refractivity contribution is 7.90. The van der Waals surface area contributed by atoms with Gasteiger partial charge in [-0.25, -0.2) is 21.6 Å². The molecule has 16 heavy (non-hydrogen) atoms. The molecule has 0 aliphatic carbocycles. The van der Waals surface area contributed by atoms with Gasteiger partial charge in [0.15, 0.2) is 0 Å². The van der Waals surface area contributed by atoms with Crippen molar-refractivity contribution in [2.75, 3.05) is 7.05 Å². The maximum absolute atomic E-state index is 11.3. The Labute approximate surface area is 93.7 Å².